The van der Waals surface area contributed by atoms with Crippen molar-refractivity contribution in [2.45, 2.75) is 6.92 Å². The molecule has 3 rings (SSSR count). The first-order valence-electron chi connectivity index (χ1n) is 10.4. The number of aryl methyl sites for hydroxylation is 1. The standard InChI is InChI=1S/C23H29ClN4O4/c1-16-4-5-18(14-21(16)24)26-23(25-6-7-28-8-10-32-11-9-28)27-22(29)17-12-19(30-2)15-20(13-17)31-3/h4-5,12-15H,6-11H2,1-3H3,(H2,25,26,27,29). The van der Waals surface area contributed by atoms with Gasteiger partial charge in [-0.05, 0) is 36.8 Å². The molecule has 0 radical (unpaired) electrons. The van der Waals surface area contributed by atoms with Crippen LogP contribution >= 0.6 is 11.6 Å². The van der Waals surface area contributed by atoms with Gasteiger partial charge in [-0.2, -0.15) is 0 Å². The third-order valence-corrected chi connectivity index (χ3v) is 5.48. The molecule has 172 valence electrons. The van der Waals surface area contributed by atoms with Crippen LogP contribution in [0.1, 0.15) is 15.9 Å². The Morgan fingerprint density at radius 2 is 1.81 bits per heavy atom. The van der Waals surface area contributed by atoms with E-state index in [1.165, 1.54) is 14.2 Å². The normalized spacial score (nSPS) is 14.7. The number of carbonyl (C=O) groups excluding carboxylic acids is 1. The molecule has 0 saturated carbocycles. The molecular formula is C23H29ClN4O4. The number of nitrogens with one attached hydrogen (secondary N) is 2. The van der Waals surface area contributed by atoms with Gasteiger partial charge < -0.3 is 19.5 Å². The molecule has 0 aromatic heterocycles. The number of anilines is 1. The Balaban J connectivity index is 1.76. The number of aliphatic imine (C=N–C) groups is 1. The van der Waals surface area contributed by atoms with Gasteiger partial charge in [0.15, 0.2) is 0 Å². The van der Waals surface area contributed by atoms with Crippen LogP contribution in [-0.2, 0) is 4.74 Å². The zero-order chi connectivity index (χ0) is 22.9. The van der Waals surface area contributed by atoms with Crippen LogP contribution in [0.2, 0.25) is 5.02 Å². The first kappa shape index (κ1) is 23.8. The predicted octanol–water partition coefficient (Wildman–Crippen LogP) is 3.20. The van der Waals surface area contributed by atoms with Gasteiger partial charge in [-0.25, -0.2) is 0 Å². The molecule has 1 aliphatic heterocycles. The first-order chi connectivity index (χ1) is 15.5. The van der Waals surface area contributed by atoms with Gasteiger partial charge in [-0.1, -0.05) is 17.7 Å². The summed E-state index contributed by atoms with van der Waals surface area (Å²) in [6.07, 6.45) is 0. The SMILES string of the molecule is COc1cc(OC)cc(C(=O)NC(=NCCN2CCOCC2)Nc2ccc(C)c(Cl)c2)c1. The lowest BCUT2D eigenvalue weighted by molar-refractivity contribution is 0.0394. The fourth-order valence-electron chi connectivity index (χ4n) is 3.16. The van der Waals surface area contributed by atoms with Gasteiger partial charge in [0.25, 0.3) is 5.91 Å². The summed E-state index contributed by atoms with van der Waals surface area (Å²) in [6.45, 7) is 6.43. The summed E-state index contributed by atoms with van der Waals surface area (Å²) < 4.78 is 15.9. The lowest BCUT2D eigenvalue weighted by atomic mass is 10.2. The summed E-state index contributed by atoms with van der Waals surface area (Å²) in [7, 11) is 3.08. The maximum atomic E-state index is 13.0. The molecule has 32 heavy (non-hydrogen) atoms. The number of hydrogen-bond donors (Lipinski definition) is 2. The fourth-order valence-corrected chi connectivity index (χ4v) is 3.34. The number of amides is 1. The maximum Gasteiger partial charge on any atom is 0.258 e. The molecule has 8 nitrogen and oxygen atoms in total. The van der Waals surface area contributed by atoms with Crippen molar-refractivity contribution in [2.24, 2.45) is 4.99 Å². The van der Waals surface area contributed by atoms with Crippen LogP contribution in [0.15, 0.2) is 41.4 Å². The highest BCUT2D eigenvalue weighted by Crippen LogP contribution is 2.23. The average Bonchev–Trinajstić information content (AvgIpc) is 2.81. The van der Waals surface area contributed by atoms with E-state index in [2.05, 4.69) is 20.5 Å². The third-order valence-electron chi connectivity index (χ3n) is 5.07. The van der Waals surface area contributed by atoms with Gasteiger partial charge in [0.1, 0.15) is 11.5 Å². The van der Waals surface area contributed by atoms with Gasteiger partial charge in [0.05, 0.1) is 34.0 Å². The number of nitrogens with zero attached hydrogens (tertiary/aromatic N) is 2. The predicted molar refractivity (Wildman–Crippen MR) is 126 cm³/mol. The highest BCUT2D eigenvalue weighted by Gasteiger charge is 2.14. The molecule has 0 aliphatic carbocycles. The lowest BCUT2D eigenvalue weighted by Crippen LogP contribution is -2.39. The monoisotopic (exact) mass is 460 g/mol. The van der Waals surface area contributed by atoms with E-state index in [1.54, 1.807) is 24.3 Å². The molecule has 2 aromatic carbocycles. The van der Waals surface area contributed by atoms with Gasteiger partial charge in [0, 0.05) is 42.0 Å². The van der Waals surface area contributed by atoms with E-state index in [0.717, 1.165) is 44.1 Å². The number of hydrogen-bond acceptors (Lipinski definition) is 6. The van der Waals surface area contributed by atoms with Crippen molar-refractivity contribution in [1.29, 1.82) is 0 Å². The largest absolute Gasteiger partial charge is 0.497 e. The number of methoxy groups -OCH3 is 2. The first-order valence-corrected chi connectivity index (χ1v) is 10.8. The van der Waals surface area contributed by atoms with Crippen molar-refractivity contribution in [1.82, 2.24) is 10.2 Å². The van der Waals surface area contributed by atoms with E-state index in [-0.39, 0.29) is 5.91 Å². The quantitative estimate of drug-likeness (QED) is 0.487. The molecule has 2 aromatic rings. The minimum absolute atomic E-state index is 0.335. The van der Waals surface area contributed by atoms with Crippen LogP contribution in [0.3, 0.4) is 0 Å². The second kappa shape index (κ2) is 11.7. The molecule has 0 atom stereocenters. The van der Waals surface area contributed by atoms with E-state index in [9.17, 15) is 4.79 Å². The second-order valence-corrected chi connectivity index (χ2v) is 7.74. The summed E-state index contributed by atoms with van der Waals surface area (Å²) in [5, 5.41) is 6.66. The van der Waals surface area contributed by atoms with Crippen molar-refractivity contribution in [3.63, 3.8) is 0 Å². The number of halogens is 1. The zero-order valence-corrected chi connectivity index (χ0v) is 19.4. The summed E-state index contributed by atoms with van der Waals surface area (Å²) >= 11 is 6.26. The van der Waals surface area contributed by atoms with Crippen LogP contribution in [-0.4, -0.2) is 70.4 Å². The van der Waals surface area contributed by atoms with Gasteiger partial charge in [0.2, 0.25) is 5.96 Å². The number of benzene rings is 2. The van der Waals surface area contributed by atoms with Crippen LogP contribution in [0.4, 0.5) is 5.69 Å². The Labute approximate surface area is 193 Å². The van der Waals surface area contributed by atoms with Crippen molar-refractivity contribution in [2.75, 3.05) is 58.9 Å². The van der Waals surface area contributed by atoms with Gasteiger partial charge in [-0.15, -0.1) is 0 Å². The van der Waals surface area contributed by atoms with Crippen molar-refractivity contribution in [3.05, 3.63) is 52.5 Å². The summed E-state index contributed by atoms with van der Waals surface area (Å²) in [5.74, 6) is 1.06. The fraction of sp³-hybridized carbons (Fsp3) is 0.391. The maximum absolute atomic E-state index is 13.0. The van der Waals surface area contributed by atoms with Gasteiger partial charge in [-0.3, -0.25) is 20.0 Å². The van der Waals surface area contributed by atoms with Crippen molar-refractivity contribution >= 4 is 29.2 Å². The number of morpholine rings is 1. The Morgan fingerprint density at radius 1 is 1.12 bits per heavy atom. The number of rotatable bonds is 7. The van der Waals surface area contributed by atoms with E-state index in [4.69, 9.17) is 25.8 Å². The van der Waals surface area contributed by atoms with Crippen LogP contribution in [0, 0.1) is 6.92 Å². The van der Waals surface area contributed by atoms with Crippen molar-refractivity contribution in [3.8, 4) is 11.5 Å². The second-order valence-electron chi connectivity index (χ2n) is 7.33. The van der Waals surface area contributed by atoms with E-state index in [0.29, 0.717) is 34.6 Å². The van der Waals surface area contributed by atoms with Crippen LogP contribution in [0.25, 0.3) is 0 Å². The third kappa shape index (κ3) is 6.85. The van der Waals surface area contributed by atoms with Crippen LogP contribution in [0.5, 0.6) is 11.5 Å². The van der Waals surface area contributed by atoms with Crippen LogP contribution < -0.4 is 20.1 Å². The molecule has 9 heteroatoms. The molecule has 1 heterocycles. The van der Waals surface area contributed by atoms with E-state index >= 15 is 0 Å². The Morgan fingerprint density at radius 3 is 2.44 bits per heavy atom. The molecule has 2 N–H and O–H groups in total. The average molecular weight is 461 g/mol. The Hall–Kier alpha value is -2.81. The minimum atomic E-state index is -0.335. The molecule has 1 fully saturated rings. The zero-order valence-electron chi connectivity index (χ0n) is 18.6. The summed E-state index contributed by atoms with van der Waals surface area (Å²) in [5.41, 5.74) is 2.09. The highest BCUT2D eigenvalue weighted by molar-refractivity contribution is 6.31. The number of ether oxygens (including phenoxy) is 3. The molecule has 1 aliphatic rings. The summed E-state index contributed by atoms with van der Waals surface area (Å²) in [6, 6.07) is 10.6. The lowest BCUT2D eigenvalue weighted by Gasteiger charge is -2.25. The number of guanidine groups is 1. The van der Waals surface area contributed by atoms with E-state index in [1.807, 2.05) is 19.1 Å². The van der Waals surface area contributed by atoms with Crippen molar-refractivity contribution < 1.29 is 19.0 Å². The molecule has 1 amide bonds. The molecule has 0 spiro atoms. The summed E-state index contributed by atoms with van der Waals surface area (Å²) in [4.78, 5) is 19.9. The molecular weight excluding hydrogens is 432 g/mol. The Bertz CT molecular complexity index is 939. The molecule has 0 bridgehead atoms. The highest BCUT2D eigenvalue weighted by atomic mass is 35.5. The minimum Gasteiger partial charge on any atom is -0.497 e. The Kier molecular flexibility index (Phi) is 8.72. The molecule has 0 unspecified atom stereocenters. The number of carbonyl (C=O) groups is 1. The smallest absolute Gasteiger partial charge is 0.258 e. The van der Waals surface area contributed by atoms with E-state index < -0.39 is 0 Å². The topological polar surface area (TPSA) is 84.4 Å². The molecule has 1 saturated heterocycles. The van der Waals surface area contributed by atoms with Gasteiger partial charge >= 0.3 is 0 Å².